The van der Waals surface area contributed by atoms with E-state index in [0.717, 1.165) is 11.4 Å². The minimum atomic E-state index is -0.291. The van der Waals surface area contributed by atoms with Crippen LogP contribution in [0.25, 0.3) is 0 Å². The Balaban J connectivity index is 2.64. The summed E-state index contributed by atoms with van der Waals surface area (Å²) in [5.74, 6) is 5.50. The second-order valence-corrected chi connectivity index (χ2v) is 4.64. The molecule has 0 aliphatic carbocycles. The smallest absolute Gasteiger partial charge is 0.0942 e. The van der Waals surface area contributed by atoms with Crippen LogP contribution in [-0.4, -0.2) is 23.7 Å². The summed E-state index contributed by atoms with van der Waals surface area (Å²) in [5, 5.41) is 3.03. The summed E-state index contributed by atoms with van der Waals surface area (Å²) in [6.45, 7) is 4.01. The summed E-state index contributed by atoms with van der Waals surface area (Å²) in [6, 6.07) is 0.0682. The van der Waals surface area contributed by atoms with Crippen molar-refractivity contribution >= 4 is 11.3 Å². The molecule has 0 radical (unpaired) electrons. The van der Waals surface area contributed by atoms with Crippen LogP contribution in [0.1, 0.15) is 18.9 Å². The molecule has 3 N–H and O–H groups in total. The Morgan fingerprint density at radius 1 is 1.71 bits per heavy atom. The summed E-state index contributed by atoms with van der Waals surface area (Å²) < 4.78 is 5.37. The van der Waals surface area contributed by atoms with Crippen molar-refractivity contribution in [3.05, 3.63) is 16.6 Å². The average Bonchev–Trinajstić information content (AvgIpc) is 2.66. The monoisotopic (exact) mass is 215 g/mol. The fourth-order valence-corrected chi connectivity index (χ4v) is 1.84. The number of rotatable bonds is 5. The Morgan fingerprint density at radius 2 is 2.43 bits per heavy atom. The Morgan fingerprint density at radius 3 is 2.86 bits per heavy atom. The van der Waals surface area contributed by atoms with Crippen molar-refractivity contribution in [2.45, 2.75) is 31.9 Å². The SMILES string of the molecule is COC(C)(C)C(Cc1nccs1)NN. The molecule has 4 nitrogen and oxygen atoms in total. The molecule has 0 aliphatic rings. The van der Waals surface area contributed by atoms with Gasteiger partial charge >= 0.3 is 0 Å². The van der Waals surface area contributed by atoms with Gasteiger partial charge in [-0.15, -0.1) is 11.3 Å². The van der Waals surface area contributed by atoms with Crippen LogP contribution in [0.4, 0.5) is 0 Å². The highest BCUT2D eigenvalue weighted by Crippen LogP contribution is 2.18. The van der Waals surface area contributed by atoms with Crippen molar-refractivity contribution in [3.63, 3.8) is 0 Å². The summed E-state index contributed by atoms with van der Waals surface area (Å²) in [4.78, 5) is 4.22. The highest BCUT2D eigenvalue weighted by molar-refractivity contribution is 7.09. The molecule has 1 heterocycles. The second-order valence-electron chi connectivity index (χ2n) is 3.66. The van der Waals surface area contributed by atoms with Gasteiger partial charge in [-0.3, -0.25) is 11.3 Å². The van der Waals surface area contributed by atoms with Gasteiger partial charge in [0.2, 0.25) is 0 Å². The predicted molar refractivity (Wildman–Crippen MR) is 58.0 cm³/mol. The maximum absolute atomic E-state index is 5.50. The van der Waals surface area contributed by atoms with Crippen molar-refractivity contribution in [1.82, 2.24) is 10.4 Å². The van der Waals surface area contributed by atoms with Crippen LogP contribution >= 0.6 is 11.3 Å². The van der Waals surface area contributed by atoms with Gasteiger partial charge in [0.05, 0.1) is 16.7 Å². The van der Waals surface area contributed by atoms with Gasteiger partial charge in [-0.2, -0.15) is 0 Å². The van der Waals surface area contributed by atoms with Crippen LogP contribution in [0.2, 0.25) is 0 Å². The van der Waals surface area contributed by atoms with Gasteiger partial charge in [0.15, 0.2) is 0 Å². The van der Waals surface area contributed by atoms with E-state index in [1.54, 1.807) is 24.6 Å². The third-order valence-electron chi connectivity index (χ3n) is 2.43. The van der Waals surface area contributed by atoms with Gasteiger partial charge in [0, 0.05) is 25.1 Å². The van der Waals surface area contributed by atoms with Crippen molar-refractivity contribution in [2.75, 3.05) is 7.11 Å². The van der Waals surface area contributed by atoms with E-state index < -0.39 is 0 Å². The third kappa shape index (κ3) is 2.75. The first-order valence-corrected chi connectivity index (χ1v) is 5.37. The Bertz CT molecular complexity index is 261. The fraction of sp³-hybridized carbons (Fsp3) is 0.667. The van der Waals surface area contributed by atoms with Crippen LogP contribution in [-0.2, 0) is 11.2 Å². The first kappa shape index (κ1) is 11.6. The number of thiazole rings is 1. The van der Waals surface area contributed by atoms with Crippen LogP contribution in [0, 0.1) is 0 Å². The van der Waals surface area contributed by atoms with E-state index in [9.17, 15) is 0 Å². The topological polar surface area (TPSA) is 60.2 Å². The summed E-state index contributed by atoms with van der Waals surface area (Å²) in [6.07, 6.45) is 2.59. The lowest BCUT2D eigenvalue weighted by atomic mass is 9.96. The molecule has 0 fully saturated rings. The third-order valence-corrected chi connectivity index (χ3v) is 3.23. The summed E-state index contributed by atoms with van der Waals surface area (Å²) in [7, 11) is 1.69. The molecule has 0 bridgehead atoms. The molecule has 1 atom stereocenters. The maximum atomic E-state index is 5.50. The number of hydrogen-bond donors (Lipinski definition) is 2. The number of hydrogen-bond acceptors (Lipinski definition) is 5. The largest absolute Gasteiger partial charge is 0.377 e. The maximum Gasteiger partial charge on any atom is 0.0942 e. The van der Waals surface area contributed by atoms with Gasteiger partial charge in [0.25, 0.3) is 0 Å². The molecule has 0 amide bonds. The van der Waals surface area contributed by atoms with Gasteiger partial charge in [-0.05, 0) is 13.8 Å². The van der Waals surface area contributed by atoms with Gasteiger partial charge in [-0.25, -0.2) is 4.98 Å². The lowest BCUT2D eigenvalue weighted by molar-refractivity contribution is -0.0101. The molecule has 0 saturated heterocycles. The molecular weight excluding hydrogens is 198 g/mol. The van der Waals surface area contributed by atoms with Crippen LogP contribution in [0.5, 0.6) is 0 Å². The lowest BCUT2D eigenvalue weighted by Gasteiger charge is -2.31. The first-order valence-electron chi connectivity index (χ1n) is 4.50. The average molecular weight is 215 g/mol. The normalized spacial score (nSPS) is 14.3. The minimum Gasteiger partial charge on any atom is -0.377 e. The zero-order valence-corrected chi connectivity index (χ0v) is 9.60. The van der Waals surface area contributed by atoms with Gasteiger partial charge < -0.3 is 4.74 Å². The molecule has 1 aromatic rings. The molecule has 80 valence electrons. The van der Waals surface area contributed by atoms with E-state index in [4.69, 9.17) is 10.6 Å². The first-order chi connectivity index (χ1) is 6.60. The van der Waals surface area contributed by atoms with E-state index in [2.05, 4.69) is 10.4 Å². The zero-order chi connectivity index (χ0) is 10.6. The van der Waals surface area contributed by atoms with E-state index >= 15 is 0 Å². The molecule has 1 unspecified atom stereocenters. The number of ether oxygens (including phenoxy) is 1. The quantitative estimate of drug-likeness (QED) is 0.567. The molecule has 1 aromatic heterocycles. The Kier molecular flexibility index (Phi) is 4.00. The van der Waals surface area contributed by atoms with Crippen molar-refractivity contribution < 1.29 is 4.74 Å². The number of aromatic nitrogens is 1. The molecule has 0 spiro atoms. The summed E-state index contributed by atoms with van der Waals surface area (Å²) in [5.41, 5.74) is 2.48. The highest BCUT2D eigenvalue weighted by atomic mass is 32.1. The predicted octanol–water partition coefficient (Wildman–Crippen LogP) is 0.942. The number of nitrogens with one attached hydrogen (secondary N) is 1. The Hall–Kier alpha value is -0.490. The van der Waals surface area contributed by atoms with Crippen molar-refractivity contribution in [1.29, 1.82) is 0 Å². The molecule has 14 heavy (non-hydrogen) atoms. The van der Waals surface area contributed by atoms with E-state index in [0.29, 0.717) is 0 Å². The van der Waals surface area contributed by atoms with Gasteiger partial charge in [-0.1, -0.05) is 0 Å². The minimum absolute atomic E-state index is 0.0682. The Labute approximate surface area is 88.5 Å². The van der Waals surface area contributed by atoms with Gasteiger partial charge in [0.1, 0.15) is 0 Å². The molecule has 0 aliphatic heterocycles. The zero-order valence-electron chi connectivity index (χ0n) is 8.78. The number of nitrogens with two attached hydrogens (primary N) is 1. The number of methoxy groups -OCH3 is 1. The van der Waals surface area contributed by atoms with Crippen molar-refractivity contribution in [3.8, 4) is 0 Å². The molecule has 5 heteroatoms. The molecular formula is C9H17N3OS. The highest BCUT2D eigenvalue weighted by Gasteiger charge is 2.29. The van der Waals surface area contributed by atoms with E-state index in [1.165, 1.54) is 0 Å². The second kappa shape index (κ2) is 4.84. The van der Waals surface area contributed by atoms with E-state index in [1.807, 2.05) is 19.2 Å². The molecule has 0 saturated carbocycles. The fourth-order valence-electron chi connectivity index (χ4n) is 1.18. The van der Waals surface area contributed by atoms with Crippen LogP contribution in [0.3, 0.4) is 0 Å². The molecule has 1 rings (SSSR count). The lowest BCUT2D eigenvalue weighted by Crippen LogP contribution is -2.52. The van der Waals surface area contributed by atoms with Crippen molar-refractivity contribution in [2.24, 2.45) is 5.84 Å². The standard InChI is InChI=1S/C9H17N3OS/c1-9(2,13-3)7(12-10)6-8-11-4-5-14-8/h4-5,7,12H,6,10H2,1-3H3. The molecule has 0 aromatic carbocycles. The number of hydrazine groups is 1. The van der Waals surface area contributed by atoms with Crippen LogP contribution < -0.4 is 11.3 Å². The summed E-state index contributed by atoms with van der Waals surface area (Å²) >= 11 is 1.63. The van der Waals surface area contributed by atoms with E-state index in [-0.39, 0.29) is 11.6 Å². The number of nitrogens with zero attached hydrogens (tertiary/aromatic N) is 1. The van der Waals surface area contributed by atoms with Crippen LogP contribution in [0.15, 0.2) is 11.6 Å².